The molecule has 0 unspecified atom stereocenters. The molecule has 1 aliphatic rings. The zero-order valence-electron chi connectivity index (χ0n) is 15.7. The Morgan fingerprint density at radius 3 is 2.00 bits per heavy atom. The molecular formula is C21H24ClN3O2. The Morgan fingerprint density at radius 2 is 1.48 bits per heavy atom. The molecule has 5 nitrogen and oxygen atoms in total. The van der Waals surface area contributed by atoms with Crippen molar-refractivity contribution >= 4 is 29.1 Å². The number of rotatable bonds is 4. The van der Waals surface area contributed by atoms with Crippen LogP contribution < -0.4 is 4.90 Å². The van der Waals surface area contributed by atoms with Crippen molar-refractivity contribution in [1.82, 2.24) is 9.80 Å². The van der Waals surface area contributed by atoms with Crippen molar-refractivity contribution in [3.63, 3.8) is 0 Å². The van der Waals surface area contributed by atoms with Gasteiger partial charge in [0, 0.05) is 61.6 Å². The molecule has 27 heavy (non-hydrogen) atoms. The van der Waals surface area contributed by atoms with Crippen molar-refractivity contribution in [2.75, 3.05) is 44.7 Å². The zero-order chi connectivity index (χ0) is 19.4. The quantitative estimate of drug-likeness (QED) is 0.810. The van der Waals surface area contributed by atoms with Crippen LogP contribution in [0.15, 0.2) is 48.5 Å². The second-order valence-corrected chi connectivity index (χ2v) is 7.09. The van der Waals surface area contributed by atoms with Crippen LogP contribution in [0.4, 0.5) is 5.69 Å². The summed E-state index contributed by atoms with van der Waals surface area (Å²) in [4.78, 5) is 31.0. The van der Waals surface area contributed by atoms with Gasteiger partial charge in [0.15, 0.2) is 0 Å². The summed E-state index contributed by atoms with van der Waals surface area (Å²) in [5.41, 5.74) is 2.35. The van der Waals surface area contributed by atoms with Crippen molar-refractivity contribution in [1.29, 1.82) is 0 Å². The van der Waals surface area contributed by atoms with Gasteiger partial charge in [-0.1, -0.05) is 17.7 Å². The summed E-state index contributed by atoms with van der Waals surface area (Å²) in [7, 11) is 2.02. The van der Waals surface area contributed by atoms with Gasteiger partial charge < -0.3 is 14.7 Å². The monoisotopic (exact) mass is 385 g/mol. The van der Waals surface area contributed by atoms with Crippen LogP contribution in [0, 0.1) is 0 Å². The highest BCUT2D eigenvalue weighted by Gasteiger charge is 2.25. The predicted octanol–water partition coefficient (Wildman–Crippen LogP) is 3.39. The van der Waals surface area contributed by atoms with Crippen LogP contribution in [0.5, 0.6) is 0 Å². The van der Waals surface area contributed by atoms with E-state index < -0.39 is 0 Å². The number of hydrogen-bond acceptors (Lipinski definition) is 3. The van der Waals surface area contributed by atoms with Crippen LogP contribution in [0.25, 0.3) is 0 Å². The smallest absolute Gasteiger partial charge is 0.254 e. The summed E-state index contributed by atoms with van der Waals surface area (Å²) in [6.07, 6.45) is 0. The standard InChI is InChI=1S/C21H24ClN3O2/c1-3-23(2)19-9-7-16(8-10-19)20(26)24-11-13-25(14-12-24)21(27)17-5-4-6-18(22)15-17/h4-10,15H,3,11-14H2,1-2H3. The molecule has 1 saturated heterocycles. The summed E-state index contributed by atoms with van der Waals surface area (Å²) in [5, 5.41) is 0.548. The molecule has 1 heterocycles. The lowest BCUT2D eigenvalue weighted by molar-refractivity contribution is 0.0535. The van der Waals surface area contributed by atoms with Gasteiger partial charge in [-0.3, -0.25) is 9.59 Å². The van der Waals surface area contributed by atoms with E-state index in [0.29, 0.717) is 42.3 Å². The van der Waals surface area contributed by atoms with Gasteiger partial charge in [-0.25, -0.2) is 0 Å². The van der Waals surface area contributed by atoms with Gasteiger partial charge in [0.1, 0.15) is 0 Å². The van der Waals surface area contributed by atoms with Gasteiger partial charge in [-0.05, 0) is 49.4 Å². The lowest BCUT2D eigenvalue weighted by Crippen LogP contribution is -2.50. The predicted molar refractivity (Wildman–Crippen MR) is 109 cm³/mol. The Balaban J connectivity index is 1.60. The molecule has 1 aliphatic heterocycles. The third-order valence-corrected chi connectivity index (χ3v) is 5.19. The molecule has 0 bridgehead atoms. The fourth-order valence-corrected chi connectivity index (χ4v) is 3.33. The summed E-state index contributed by atoms with van der Waals surface area (Å²) < 4.78 is 0. The van der Waals surface area contributed by atoms with Gasteiger partial charge in [-0.15, -0.1) is 0 Å². The third kappa shape index (κ3) is 4.42. The molecule has 6 heteroatoms. The Bertz CT molecular complexity index is 814. The largest absolute Gasteiger partial charge is 0.375 e. The van der Waals surface area contributed by atoms with Crippen LogP contribution in [0.3, 0.4) is 0 Å². The Morgan fingerprint density at radius 1 is 0.926 bits per heavy atom. The SMILES string of the molecule is CCN(C)c1ccc(C(=O)N2CCN(C(=O)c3cccc(Cl)c3)CC2)cc1. The first-order valence-electron chi connectivity index (χ1n) is 9.15. The number of carbonyl (C=O) groups is 2. The number of carbonyl (C=O) groups excluding carboxylic acids is 2. The van der Waals surface area contributed by atoms with Gasteiger partial charge >= 0.3 is 0 Å². The van der Waals surface area contributed by atoms with E-state index in [2.05, 4.69) is 11.8 Å². The van der Waals surface area contributed by atoms with Crippen LogP contribution in [0.1, 0.15) is 27.6 Å². The summed E-state index contributed by atoms with van der Waals surface area (Å²) in [5.74, 6) is -0.0351. The minimum atomic E-state index is -0.0449. The number of benzene rings is 2. The molecule has 0 radical (unpaired) electrons. The van der Waals surface area contributed by atoms with Gasteiger partial charge in [0.05, 0.1) is 0 Å². The summed E-state index contributed by atoms with van der Waals surface area (Å²) >= 11 is 5.97. The first-order valence-corrected chi connectivity index (χ1v) is 9.52. The second-order valence-electron chi connectivity index (χ2n) is 6.66. The highest BCUT2D eigenvalue weighted by molar-refractivity contribution is 6.30. The van der Waals surface area contributed by atoms with Crippen molar-refractivity contribution < 1.29 is 9.59 Å². The number of nitrogens with zero attached hydrogens (tertiary/aromatic N) is 3. The third-order valence-electron chi connectivity index (χ3n) is 4.96. The lowest BCUT2D eigenvalue weighted by atomic mass is 10.1. The summed E-state index contributed by atoms with van der Waals surface area (Å²) in [6, 6.07) is 14.6. The highest BCUT2D eigenvalue weighted by atomic mass is 35.5. The van der Waals surface area contributed by atoms with E-state index >= 15 is 0 Å². The lowest BCUT2D eigenvalue weighted by Gasteiger charge is -2.35. The molecule has 0 atom stereocenters. The molecule has 2 amide bonds. The fraction of sp³-hybridized carbons (Fsp3) is 0.333. The number of piperazine rings is 1. The van der Waals surface area contributed by atoms with Crippen molar-refractivity contribution in [3.8, 4) is 0 Å². The fourth-order valence-electron chi connectivity index (χ4n) is 3.14. The van der Waals surface area contributed by atoms with Crippen molar-refractivity contribution in [3.05, 3.63) is 64.7 Å². The van der Waals surface area contributed by atoms with E-state index in [1.165, 1.54) is 0 Å². The Kier molecular flexibility index (Phi) is 6.01. The van der Waals surface area contributed by atoms with E-state index in [-0.39, 0.29) is 11.8 Å². The van der Waals surface area contributed by atoms with E-state index in [0.717, 1.165) is 12.2 Å². The zero-order valence-corrected chi connectivity index (χ0v) is 16.4. The van der Waals surface area contributed by atoms with E-state index in [9.17, 15) is 9.59 Å². The molecule has 0 aromatic heterocycles. The minimum Gasteiger partial charge on any atom is -0.375 e. The Labute approximate surface area is 165 Å². The highest BCUT2D eigenvalue weighted by Crippen LogP contribution is 2.17. The second kappa shape index (κ2) is 8.44. The van der Waals surface area contributed by atoms with E-state index in [1.807, 2.05) is 31.3 Å². The minimum absolute atomic E-state index is 0.00977. The van der Waals surface area contributed by atoms with Gasteiger partial charge in [0.2, 0.25) is 0 Å². The van der Waals surface area contributed by atoms with Crippen LogP contribution >= 0.6 is 11.6 Å². The van der Waals surface area contributed by atoms with Gasteiger partial charge in [-0.2, -0.15) is 0 Å². The van der Waals surface area contributed by atoms with E-state index in [4.69, 9.17) is 11.6 Å². The number of halogens is 1. The molecule has 2 aromatic rings. The summed E-state index contributed by atoms with van der Waals surface area (Å²) in [6.45, 7) is 5.10. The first-order chi connectivity index (χ1) is 13.0. The molecule has 3 rings (SSSR count). The molecule has 1 fully saturated rings. The van der Waals surface area contributed by atoms with Crippen LogP contribution in [-0.2, 0) is 0 Å². The molecule has 0 N–H and O–H groups in total. The molecular weight excluding hydrogens is 362 g/mol. The topological polar surface area (TPSA) is 43.9 Å². The first kappa shape index (κ1) is 19.2. The number of amides is 2. The van der Waals surface area contributed by atoms with Crippen molar-refractivity contribution in [2.24, 2.45) is 0 Å². The molecule has 0 spiro atoms. The van der Waals surface area contributed by atoms with Crippen LogP contribution in [-0.4, -0.2) is 61.4 Å². The maximum Gasteiger partial charge on any atom is 0.254 e. The molecule has 0 aliphatic carbocycles. The average molecular weight is 386 g/mol. The number of anilines is 1. The number of hydrogen-bond donors (Lipinski definition) is 0. The Hall–Kier alpha value is -2.53. The normalized spacial score (nSPS) is 14.2. The molecule has 142 valence electrons. The molecule has 0 saturated carbocycles. The average Bonchev–Trinajstić information content (AvgIpc) is 2.72. The maximum absolute atomic E-state index is 12.7. The van der Waals surface area contributed by atoms with Gasteiger partial charge in [0.25, 0.3) is 11.8 Å². The maximum atomic E-state index is 12.7. The van der Waals surface area contributed by atoms with Crippen molar-refractivity contribution in [2.45, 2.75) is 6.92 Å². The van der Waals surface area contributed by atoms with E-state index in [1.54, 1.807) is 34.1 Å². The molecule has 2 aromatic carbocycles. The van der Waals surface area contributed by atoms with Crippen LogP contribution in [0.2, 0.25) is 5.02 Å².